The highest BCUT2D eigenvalue weighted by atomic mass is 19.1. The molecule has 32 heavy (non-hydrogen) atoms. The van der Waals surface area contributed by atoms with Crippen molar-refractivity contribution < 1.29 is 13.6 Å². The SMILES string of the molecule is CNc1ncc(-c2nc3cc(N4CC(F)C4)ccc3o2)c2cc(NC(=O)C3CC3)ncc12. The fourth-order valence-corrected chi connectivity index (χ4v) is 4.01. The highest BCUT2D eigenvalue weighted by Crippen LogP contribution is 2.36. The molecule has 8 nitrogen and oxygen atoms in total. The summed E-state index contributed by atoms with van der Waals surface area (Å²) >= 11 is 0. The highest BCUT2D eigenvalue weighted by molar-refractivity contribution is 6.03. The second-order valence-corrected chi connectivity index (χ2v) is 8.32. The van der Waals surface area contributed by atoms with E-state index in [1.165, 1.54) is 0 Å². The first-order valence-corrected chi connectivity index (χ1v) is 10.7. The lowest BCUT2D eigenvalue weighted by Gasteiger charge is -2.36. The topological polar surface area (TPSA) is 96.2 Å². The van der Waals surface area contributed by atoms with Crippen molar-refractivity contribution in [3.8, 4) is 11.5 Å². The molecule has 3 aromatic heterocycles. The van der Waals surface area contributed by atoms with Crippen LogP contribution in [0.1, 0.15) is 12.8 Å². The van der Waals surface area contributed by atoms with Crippen molar-refractivity contribution in [3.05, 3.63) is 36.7 Å². The van der Waals surface area contributed by atoms with Gasteiger partial charge in [-0.2, -0.15) is 0 Å². The minimum absolute atomic E-state index is 0.00259. The maximum Gasteiger partial charge on any atom is 0.229 e. The predicted molar refractivity (Wildman–Crippen MR) is 121 cm³/mol. The molecule has 1 aliphatic carbocycles. The van der Waals surface area contributed by atoms with Crippen molar-refractivity contribution in [2.75, 3.05) is 35.7 Å². The number of nitrogens with one attached hydrogen (secondary N) is 2. The number of alkyl halides is 1. The van der Waals surface area contributed by atoms with Crippen molar-refractivity contribution in [2.45, 2.75) is 19.0 Å². The fourth-order valence-electron chi connectivity index (χ4n) is 4.01. The number of pyridine rings is 2. The van der Waals surface area contributed by atoms with Gasteiger partial charge < -0.3 is 20.0 Å². The molecule has 6 rings (SSSR count). The van der Waals surface area contributed by atoms with E-state index in [0.29, 0.717) is 47.3 Å². The van der Waals surface area contributed by atoms with E-state index in [-0.39, 0.29) is 11.8 Å². The van der Waals surface area contributed by atoms with Crippen LogP contribution in [-0.2, 0) is 4.79 Å². The molecule has 0 unspecified atom stereocenters. The molecular formula is C23H21FN6O2. The van der Waals surface area contributed by atoms with Gasteiger partial charge in [-0.1, -0.05) is 0 Å². The van der Waals surface area contributed by atoms with Crippen LogP contribution in [0.3, 0.4) is 0 Å². The van der Waals surface area contributed by atoms with Crippen molar-refractivity contribution in [2.24, 2.45) is 5.92 Å². The number of carbonyl (C=O) groups is 1. The van der Waals surface area contributed by atoms with E-state index in [9.17, 15) is 9.18 Å². The number of oxazole rings is 1. The van der Waals surface area contributed by atoms with Gasteiger partial charge in [0.15, 0.2) is 5.58 Å². The lowest BCUT2D eigenvalue weighted by Crippen LogP contribution is -2.48. The summed E-state index contributed by atoms with van der Waals surface area (Å²) in [4.78, 5) is 27.7. The molecule has 0 bridgehead atoms. The van der Waals surface area contributed by atoms with Crippen LogP contribution < -0.4 is 15.5 Å². The Bertz CT molecular complexity index is 1360. The van der Waals surface area contributed by atoms with Gasteiger partial charge in [0, 0.05) is 41.8 Å². The number of anilines is 3. The Labute approximate surface area is 182 Å². The maximum absolute atomic E-state index is 13.2. The van der Waals surface area contributed by atoms with E-state index in [1.807, 2.05) is 29.2 Å². The van der Waals surface area contributed by atoms with Crippen LogP contribution in [0, 0.1) is 5.92 Å². The monoisotopic (exact) mass is 432 g/mol. The normalized spacial score (nSPS) is 16.4. The average Bonchev–Trinajstić information content (AvgIpc) is 3.55. The molecule has 2 aliphatic rings. The minimum atomic E-state index is -0.773. The van der Waals surface area contributed by atoms with Gasteiger partial charge >= 0.3 is 0 Å². The average molecular weight is 432 g/mol. The number of nitrogens with zero attached hydrogens (tertiary/aromatic N) is 4. The lowest BCUT2D eigenvalue weighted by atomic mass is 10.1. The Hall–Kier alpha value is -3.75. The Balaban J connectivity index is 1.42. The third-order valence-electron chi connectivity index (χ3n) is 6.01. The molecular weight excluding hydrogens is 411 g/mol. The van der Waals surface area contributed by atoms with Crippen LogP contribution in [0.2, 0.25) is 0 Å². The van der Waals surface area contributed by atoms with E-state index in [4.69, 9.17) is 4.42 Å². The number of aromatic nitrogens is 3. The summed E-state index contributed by atoms with van der Waals surface area (Å²) < 4.78 is 19.3. The third kappa shape index (κ3) is 3.21. The number of amides is 1. The maximum atomic E-state index is 13.2. The largest absolute Gasteiger partial charge is 0.436 e. The van der Waals surface area contributed by atoms with Crippen molar-refractivity contribution in [1.29, 1.82) is 0 Å². The summed E-state index contributed by atoms with van der Waals surface area (Å²) in [6, 6.07) is 7.51. The Morgan fingerprint density at radius 1 is 1.16 bits per heavy atom. The van der Waals surface area contributed by atoms with Gasteiger partial charge in [-0.05, 0) is 37.1 Å². The van der Waals surface area contributed by atoms with Gasteiger partial charge in [0.05, 0.1) is 18.7 Å². The second-order valence-electron chi connectivity index (χ2n) is 8.32. The quantitative estimate of drug-likeness (QED) is 0.492. The molecule has 0 atom stereocenters. The number of benzene rings is 1. The van der Waals surface area contributed by atoms with Crippen molar-refractivity contribution in [3.63, 3.8) is 0 Å². The summed E-state index contributed by atoms with van der Waals surface area (Å²) in [6.45, 7) is 0.803. The Morgan fingerprint density at radius 3 is 2.75 bits per heavy atom. The zero-order valence-electron chi connectivity index (χ0n) is 17.4. The van der Waals surface area contributed by atoms with Gasteiger partial charge in [-0.3, -0.25) is 4.79 Å². The molecule has 1 aliphatic heterocycles. The van der Waals surface area contributed by atoms with Crippen LogP contribution in [0.15, 0.2) is 41.1 Å². The van der Waals surface area contributed by atoms with E-state index in [0.717, 1.165) is 29.3 Å². The number of carbonyl (C=O) groups excluding carboxylic acids is 1. The molecule has 1 saturated heterocycles. The number of hydrogen-bond donors (Lipinski definition) is 2. The van der Waals surface area contributed by atoms with Crippen LogP contribution in [-0.4, -0.2) is 47.2 Å². The smallest absolute Gasteiger partial charge is 0.229 e. The number of hydrogen-bond acceptors (Lipinski definition) is 7. The van der Waals surface area contributed by atoms with Gasteiger partial charge in [-0.25, -0.2) is 19.3 Å². The lowest BCUT2D eigenvalue weighted by molar-refractivity contribution is -0.117. The molecule has 1 amide bonds. The molecule has 0 spiro atoms. The van der Waals surface area contributed by atoms with Crippen LogP contribution in [0.25, 0.3) is 33.3 Å². The van der Waals surface area contributed by atoms with Crippen LogP contribution in [0.4, 0.5) is 21.7 Å². The number of rotatable bonds is 5. The highest BCUT2D eigenvalue weighted by Gasteiger charge is 2.30. The van der Waals surface area contributed by atoms with Crippen LogP contribution >= 0.6 is 0 Å². The molecule has 9 heteroatoms. The summed E-state index contributed by atoms with van der Waals surface area (Å²) in [5.74, 6) is 1.67. The fraction of sp³-hybridized carbons (Fsp3) is 0.304. The number of fused-ring (bicyclic) bond motifs is 2. The van der Waals surface area contributed by atoms with E-state index >= 15 is 0 Å². The van der Waals surface area contributed by atoms with E-state index in [1.54, 1.807) is 19.4 Å². The zero-order chi connectivity index (χ0) is 21.8. The van der Waals surface area contributed by atoms with Gasteiger partial charge in [0.1, 0.15) is 23.3 Å². The summed E-state index contributed by atoms with van der Waals surface area (Å²) in [7, 11) is 1.79. The van der Waals surface area contributed by atoms with Gasteiger partial charge in [0.25, 0.3) is 0 Å². The first-order valence-electron chi connectivity index (χ1n) is 10.7. The second kappa shape index (κ2) is 7.15. The molecule has 162 valence electrons. The first kappa shape index (κ1) is 19.0. The number of halogens is 1. The summed E-state index contributed by atoms with van der Waals surface area (Å²) in [6.07, 6.45) is 4.47. The van der Waals surface area contributed by atoms with Crippen molar-refractivity contribution in [1.82, 2.24) is 15.0 Å². The molecule has 2 N–H and O–H groups in total. The summed E-state index contributed by atoms with van der Waals surface area (Å²) in [5.41, 5.74) is 2.97. The molecule has 1 saturated carbocycles. The molecule has 4 heterocycles. The van der Waals surface area contributed by atoms with Gasteiger partial charge in [0.2, 0.25) is 11.8 Å². The first-order chi connectivity index (χ1) is 15.6. The predicted octanol–water partition coefficient (Wildman–Crippen LogP) is 3.99. The molecule has 2 fully saturated rings. The van der Waals surface area contributed by atoms with E-state index < -0.39 is 6.17 Å². The molecule has 4 aromatic rings. The van der Waals surface area contributed by atoms with Crippen molar-refractivity contribution >= 4 is 45.1 Å². The minimum Gasteiger partial charge on any atom is -0.436 e. The third-order valence-corrected chi connectivity index (χ3v) is 6.01. The van der Waals surface area contributed by atoms with Gasteiger partial charge in [-0.15, -0.1) is 0 Å². The standard InChI is InChI=1S/C23H21FN6O2/c1-25-21-16-8-26-20(29-22(31)12-2-3-12)7-15(16)17(9-27-21)23-28-18-6-14(4-5-19(18)32-23)30-10-13(24)11-30/h4-9,12-13H,2-3,10-11H2,1H3,(H,25,27)(H,26,29,31). The molecule has 1 aromatic carbocycles. The zero-order valence-corrected chi connectivity index (χ0v) is 17.4. The Kier molecular flexibility index (Phi) is 4.24. The molecule has 0 radical (unpaired) electrons. The van der Waals surface area contributed by atoms with Crippen LogP contribution in [0.5, 0.6) is 0 Å². The summed E-state index contributed by atoms with van der Waals surface area (Å²) in [5, 5.41) is 7.59. The Morgan fingerprint density at radius 2 is 2.00 bits per heavy atom. The van der Waals surface area contributed by atoms with E-state index in [2.05, 4.69) is 25.6 Å².